The van der Waals surface area contributed by atoms with Crippen molar-refractivity contribution < 1.29 is 9.13 Å². The molecule has 5 aromatic rings. The Hall–Kier alpha value is -6.71. The lowest BCUT2D eigenvalue weighted by molar-refractivity contribution is 0.0517. The van der Waals surface area contributed by atoms with Crippen molar-refractivity contribution in [2.24, 2.45) is 0 Å². The van der Waals surface area contributed by atoms with Gasteiger partial charge >= 0.3 is 28.4 Å². The summed E-state index contributed by atoms with van der Waals surface area (Å²) in [7, 11) is 0. The van der Waals surface area contributed by atoms with Gasteiger partial charge in [-0.1, -0.05) is 0 Å². The van der Waals surface area contributed by atoms with Crippen molar-refractivity contribution in [3.8, 4) is 0 Å². The molecule has 6 rings (SSSR count). The minimum Gasteiger partial charge on any atom is -0.358 e. The lowest BCUT2D eigenvalue weighted by Crippen LogP contribution is -2.33. The van der Waals surface area contributed by atoms with E-state index in [9.17, 15) is 52.3 Å². The highest BCUT2D eigenvalue weighted by Gasteiger charge is 2.19. The van der Waals surface area contributed by atoms with E-state index in [4.69, 9.17) is 4.74 Å². The number of hydrogen-bond donors (Lipinski definition) is 9. The number of H-pyrrole nitrogens is 9. The van der Waals surface area contributed by atoms with Crippen LogP contribution in [0, 0.1) is 5.82 Å². The third-order valence-electron chi connectivity index (χ3n) is 4.88. The first-order valence-corrected chi connectivity index (χ1v) is 12.6. The Morgan fingerprint density at radius 3 is 1.22 bits per heavy atom. The van der Waals surface area contributed by atoms with Gasteiger partial charge in [0.2, 0.25) is 5.82 Å². The van der Waals surface area contributed by atoms with E-state index < -0.39 is 46.1 Å². The number of aromatic amines is 9. The first-order chi connectivity index (χ1) is 21.8. The first-order valence-electron chi connectivity index (χ1n) is 12.6. The third kappa shape index (κ3) is 13.5. The van der Waals surface area contributed by atoms with Crippen LogP contribution >= 0.6 is 0 Å². The second kappa shape index (κ2) is 18.1. The molecular weight excluding hydrogens is 623 g/mol. The molecule has 9 N–H and O–H groups in total. The van der Waals surface area contributed by atoms with Crippen molar-refractivity contribution >= 4 is 0 Å². The van der Waals surface area contributed by atoms with Crippen LogP contribution < -0.4 is 56.2 Å². The summed E-state index contributed by atoms with van der Waals surface area (Å²) >= 11 is 0. The molecule has 1 atom stereocenters. The molecule has 5 aromatic heterocycles. The summed E-state index contributed by atoms with van der Waals surface area (Å²) in [5.41, 5.74) is -5.05. The minimum atomic E-state index is -0.996. The average molecular weight is 649 g/mol. The molecular formula is C24H25FN10O11. The molecule has 1 fully saturated rings. The maximum Gasteiger partial charge on any atom is 0.330 e. The molecule has 0 amide bonds. The van der Waals surface area contributed by atoms with Crippen LogP contribution in [-0.2, 0) is 4.74 Å². The zero-order valence-electron chi connectivity index (χ0n) is 23.2. The van der Waals surface area contributed by atoms with E-state index >= 15 is 0 Å². The Labute approximate surface area is 249 Å². The molecule has 1 aliphatic heterocycles. The van der Waals surface area contributed by atoms with Gasteiger partial charge in [0.25, 0.3) is 27.8 Å². The van der Waals surface area contributed by atoms with E-state index in [0.29, 0.717) is 13.0 Å². The summed E-state index contributed by atoms with van der Waals surface area (Å²) in [4.78, 5) is 122. The standard InChI is InChI=1S/C8H9FN2O3.4C4H4N2O2/c9-5-4-11(6-2-1-3-14-6)8(13)10-7(5)12;4*7-3-1-2-5-4(8)6-3/h4,6H,1-3H2,(H,10,12,13);4*1-2H,(H2,5,6,7,8). The van der Waals surface area contributed by atoms with Gasteiger partial charge in [0.1, 0.15) is 6.23 Å². The van der Waals surface area contributed by atoms with Crippen LogP contribution in [0.25, 0.3) is 0 Å². The quantitative estimate of drug-likeness (QED) is 0.0849. The average Bonchev–Trinajstić information content (AvgIpc) is 3.51. The van der Waals surface area contributed by atoms with Gasteiger partial charge < -0.3 is 24.7 Å². The van der Waals surface area contributed by atoms with Crippen molar-refractivity contribution in [1.82, 2.24) is 49.4 Å². The Morgan fingerprint density at radius 1 is 0.587 bits per heavy atom. The predicted molar refractivity (Wildman–Crippen MR) is 156 cm³/mol. The monoisotopic (exact) mass is 648 g/mol. The van der Waals surface area contributed by atoms with Gasteiger partial charge in [-0.15, -0.1) is 0 Å². The molecule has 0 aliphatic carbocycles. The van der Waals surface area contributed by atoms with Crippen LogP contribution in [-0.4, -0.2) is 56.0 Å². The molecule has 1 saturated heterocycles. The molecule has 21 nitrogen and oxygen atoms in total. The summed E-state index contributed by atoms with van der Waals surface area (Å²) in [5, 5.41) is 0. The van der Waals surface area contributed by atoms with Gasteiger partial charge in [-0.05, 0) is 12.8 Å². The Bertz CT molecular complexity index is 1940. The number of hydrogen-bond acceptors (Lipinski definition) is 11. The number of halogens is 1. The highest BCUT2D eigenvalue weighted by atomic mass is 19.1. The molecule has 22 heteroatoms. The lowest BCUT2D eigenvalue weighted by atomic mass is 10.3. The van der Waals surface area contributed by atoms with Crippen molar-refractivity contribution in [2.75, 3.05) is 6.61 Å². The third-order valence-corrected chi connectivity index (χ3v) is 4.88. The molecule has 1 unspecified atom stereocenters. The molecule has 244 valence electrons. The smallest absolute Gasteiger partial charge is 0.330 e. The van der Waals surface area contributed by atoms with E-state index in [-0.39, 0.29) is 22.2 Å². The van der Waals surface area contributed by atoms with Crippen molar-refractivity contribution in [1.29, 1.82) is 0 Å². The maximum atomic E-state index is 12.9. The molecule has 0 radical (unpaired) electrons. The van der Waals surface area contributed by atoms with Gasteiger partial charge in [0.05, 0.1) is 6.20 Å². The van der Waals surface area contributed by atoms with Gasteiger partial charge in [0, 0.05) is 55.7 Å². The van der Waals surface area contributed by atoms with Crippen LogP contribution in [0.2, 0.25) is 0 Å². The predicted octanol–water partition coefficient (Wildman–Crippen LogP) is -3.76. The first kappa shape index (κ1) is 35.5. The summed E-state index contributed by atoms with van der Waals surface area (Å²) in [6, 6.07) is 4.95. The fourth-order valence-corrected chi connectivity index (χ4v) is 2.99. The van der Waals surface area contributed by atoms with Crippen LogP contribution in [0.3, 0.4) is 0 Å². The van der Waals surface area contributed by atoms with E-state index in [0.717, 1.165) is 17.2 Å². The van der Waals surface area contributed by atoms with Crippen molar-refractivity contribution in [3.63, 3.8) is 0 Å². The minimum absolute atomic E-state index is 0.381. The zero-order chi connectivity index (χ0) is 34.1. The van der Waals surface area contributed by atoms with Gasteiger partial charge in [0.15, 0.2) is 0 Å². The summed E-state index contributed by atoms with van der Waals surface area (Å²) in [6.07, 6.45) is 7.10. The lowest BCUT2D eigenvalue weighted by Gasteiger charge is -2.11. The highest BCUT2D eigenvalue weighted by molar-refractivity contribution is 4.89. The fourth-order valence-electron chi connectivity index (χ4n) is 2.99. The normalized spacial score (nSPS) is 12.8. The molecule has 46 heavy (non-hydrogen) atoms. The molecule has 0 spiro atoms. The highest BCUT2D eigenvalue weighted by Crippen LogP contribution is 2.20. The number of nitrogens with zero attached hydrogens (tertiary/aromatic N) is 1. The second-order valence-electron chi connectivity index (χ2n) is 8.30. The number of rotatable bonds is 1. The SMILES string of the molecule is O=c1[nH]c(=O)n(C2CCCO2)cc1F.O=c1cc[nH]c(=O)[nH]1.O=c1cc[nH]c(=O)[nH]1.O=c1cc[nH]c(=O)[nH]1.O=c1cc[nH]c(=O)[nH]1. The zero-order valence-corrected chi connectivity index (χ0v) is 23.2. The summed E-state index contributed by atoms with van der Waals surface area (Å²) in [5.74, 6) is -0.972. The number of ether oxygens (including phenoxy) is 1. The molecule has 0 aromatic carbocycles. The van der Waals surface area contributed by atoms with Crippen LogP contribution in [0.5, 0.6) is 0 Å². The largest absolute Gasteiger partial charge is 0.358 e. The van der Waals surface area contributed by atoms with Crippen LogP contribution in [0.4, 0.5) is 4.39 Å². The maximum absolute atomic E-state index is 12.9. The molecule has 6 heterocycles. The molecule has 0 bridgehead atoms. The van der Waals surface area contributed by atoms with Gasteiger partial charge in [-0.2, -0.15) is 4.39 Å². The van der Waals surface area contributed by atoms with E-state index in [1.807, 2.05) is 24.9 Å². The topological polar surface area (TPSA) is 327 Å². The van der Waals surface area contributed by atoms with Crippen LogP contribution in [0.1, 0.15) is 19.1 Å². The second-order valence-corrected chi connectivity index (χ2v) is 8.30. The Morgan fingerprint density at radius 2 is 0.957 bits per heavy atom. The summed E-state index contributed by atoms with van der Waals surface area (Å²) < 4.78 is 19.1. The van der Waals surface area contributed by atoms with Gasteiger partial charge in [-0.25, -0.2) is 24.0 Å². The fraction of sp³-hybridized carbons (Fsp3) is 0.167. The van der Waals surface area contributed by atoms with Crippen LogP contribution in [0.15, 0.2) is 103 Å². The molecule has 0 saturated carbocycles. The number of aromatic nitrogens is 10. The summed E-state index contributed by atoms with van der Waals surface area (Å²) in [6.45, 7) is 0.553. The van der Waals surface area contributed by atoms with E-state index in [1.54, 1.807) is 0 Å². The van der Waals surface area contributed by atoms with Crippen molar-refractivity contribution in [3.05, 3.63) is 165 Å². The number of nitrogens with one attached hydrogen (secondary N) is 9. The Kier molecular flexibility index (Phi) is 13.9. The van der Waals surface area contributed by atoms with E-state index in [2.05, 4.69) is 19.9 Å². The van der Waals surface area contributed by atoms with Crippen molar-refractivity contribution in [2.45, 2.75) is 19.1 Å². The van der Waals surface area contributed by atoms with Gasteiger partial charge in [-0.3, -0.25) is 53.5 Å². The molecule has 1 aliphatic rings. The van der Waals surface area contributed by atoms with E-state index in [1.165, 1.54) is 49.1 Å². The Balaban J connectivity index is 0.000000205.